The summed E-state index contributed by atoms with van der Waals surface area (Å²) in [5.74, 6) is 0. The summed E-state index contributed by atoms with van der Waals surface area (Å²) in [6, 6.07) is 7.13. The molecule has 0 radical (unpaired) electrons. The Hall–Kier alpha value is -1.62. The van der Waals surface area contributed by atoms with Crippen molar-refractivity contribution < 1.29 is 27.3 Å². The zero-order chi connectivity index (χ0) is 24.6. The van der Waals surface area contributed by atoms with Crippen molar-refractivity contribution in [2.24, 2.45) is 0 Å². The Morgan fingerprint density at radius 2 is 1.88 bits per heavy atom. The predicted octanol–water partition coefficient (Wildman–Crippen LogP) is 2.46. The third-order valence-corrected chi connectivity index (χ3v) is 7.37. The van der Waals surface area contributed by atoms with Crippen molar-refractivity contribution in [2.45, 2.75) is 90.2 Å². The molecule has 2 aliphatic rings. The van der Waals surface area contributed by atoms with Crippen LogP contribution in [0.4, 0.5) is 4.79 Å². The molecule has 2 saturated heterocycles. The van der Waals surface area contributed by atoms with Gasteiger partial charge in [-0.1, -0.05) is 24.3 Å². The number of rotatable bonds is 6. The number of likely N-dealkylation sites (tertiary alicyclic amines) is 1. The van der Waals surface area contributed by atoms with E-state index < -0.39 is 40.5 Å². The number of carbonyl (C=O) groups excluding carboxylic acids is 1. The Bertz CT molecular complexity index is 949. The molecule has 0 aliphatic carbocycles. The van der Waals surface area contributed by atoms with Crippen molar-refractivity contribution in [3.8, 4) is 0 Å². The number of benzene rings is 1. The Morgan fingerprint density at radius 1 is 1.24 bits per heavy atom. The highest BCUT2D eigenvalue weighted by atomic mass is 32.2. The first kappa shape index (κ1) is 26.0. The first-order chi connectivity index (χ1) is 15.2. The summed E-state index contributed by atoms with van der Waals surface area (Å²) in [4.78, 5) is 14.5. The summed E-state index contributed by atoms with van der Waals surface area (Å²) in [5, 5.41) is 0. The van der Waals surface area contributed by atoms with Crippen LogP contribution in [-0.4, -0.2) is 68.7 Å². The summed E-state index contributed by atoms with van der Waals surface area (Å²) < 4.78 is 44.6. The van der Waals surface area contributed by atoms with Crippen LogP contribution in [0, 0.1) is 0 Å². The Kier molecular flexibility index (Phi) is 7.53. The van der Waals surface area contributed by atoms with Gasteiger partial charge in [0.2, 0.25) is 10.0 Å². The number of nitrogens with one attached hydrogen (secondary N) is 1. The molecule has 10 heteroatoms. The van der Waals surface area contributed by atoms with Gasteiger partial charge < -0.3 is 18.9 Å². The van der Waals surface area contributed by atoms with Gasteiger partial charge in [-0.3, -0.25) is 0 Å². The number of carbonyl (C=O) groups is 1. The molecule has 2 unspecified atom stereocenters. The lowest BCUT2D eigenvalue weighted by Crippen LogP contribution is -2.58. The van der Waals surface area contributed by atoms with E-state index in [4.69, 9.17) is 14.0 Å². The summed E-state index contributed by atoms with van der Waals surface area (Å²) in [6.45, 7) is 12.2. The van der Waals surface area contributed by atoms with Crippen LogP contribution < -0.4 is 10.2 Å². The summed E-state index contributed by atoms with van der Waals surface area (Å²) in [7, 11) is -3.93. The summed E-state index contributed by atoms with van der Waals surface area (Å²) in [6.07, 6.45) is 2.30. The smallest absolute Gasteiger partial charge is 0.447 e. The number of hydrogen-bond donors (Lipinski definition) is 1. The SMILES string of the molecule is CC(C)OC(=O)N1CCCC(NS(C)(=O)=O)C1Cc1cccc(B2OC(C)(C)C(C)(C)O2)c1. The standard InChI is InChI=1S/C23H37BN2O6S/c1-16(2)30-21(27)26-13-9-12-19(25-33(7,28)29)20(26)15-17-10-8-11-18(14-17)24-31-22(3,4)23(5,6)32-24/h8,10-11,14,16,19-20,25H,9,12-13,15H2,1-7H3. The molecule has 0 bridgehead atoms. The highest BCUT2D eigenvalue weighted by Gasteiger charge is 2.51. The van der Waals surface area contributed by atoms with Crippen LogP contribution in [0.5, 0.6) is 0 Å². The third kappa shape index (κ3) is 6.29. The van der Waals surface area contributed by atoms with Crippen LogP contribution in [0.25, 0.3) is 0 Å². The Balaban J connectivity index is 1.86. The van der Waals surface area contributed by atoms with Crippen LogP contribution in [0.3, 0.4) is 0 Å². The van der Waals surface area contributed by atoms with E-state index in [-0.39, 0.29) is 12.1 Å². The second-order valence-electron chi connectivity index (χ2n) is 10.4. The molecular weight excluding hydrogens is 443 g/mol. The fourth-order valence-corrected chi connectivity index (χ4v) is 5.13. The van der Waals surface area contributed by atoms with Gasteiger partial charge in [-0.05, 0) is 71.8 Å². The van der Waals surface area contributed by atoms with E-state index in [1.807, 2.05) is 52.0 Å². The minimum Gasteiger partial charge on any atom is -0.447 e. The lowest BCUT2D eigenvalue weighted by Gasteiger charge is -2.41. The zero-order valence-corrected chi connectivity index (χ0v) is 21.6. The highest BCUT2D eigenvalue weighted by Crippen LogP contribution is 2.36. The molecule has 0 aromatic heterocycles. The second-order valence-corrected chi connectivity index (χ2v) is 12.1. The minimum absolute atomic E-state index is 0.256. The number of nitrogens with zero attached hydrogens (tertiary/aromatic N) is 1. The van der Waals surface area contributed by atoms with Gasteiger partial charge in [0.05, 0.1) is 29.6 Å². The van der Waals surface area contributed by atoms with Gasteiger partial charge >= 0.3 is 13.2 Å². The van der Waals surface area contributed by atoms with E-state index in [1.165, 1.54) is 0 Å². The quantitative estimate of drug-likeness (QED) is 0.629. The van der Waals surface area contributed by atoms with E-state index in [9.17, 15) is 13.2 Å². The van der Waals surface area contributed by atoms with Crippen molar-refractivity contribution in [3.05, 3.63) is 29.8 Å². The molecule has 3 rings (SSSR count). The lowest BCUT2D eigenvalue weighted by atomic mass is 9.77. The molecule has 2 aliphatic heterocycles. The first-order valence-electron chi connectivity index (χ1n) is 11.6. The topological polar surface area (TPSA) is 94.2 Å². The average Bonchev–Trinajstić information content (AvgIpc) is 2.89. The molecule has 2 heterocycles. The minimum atomic E-state index is -3.44. The van der Waals surface area contributed by atoms with E-state index in [0.29, 0.717) is 25.8 Å². The number of amides is 1. The Morgan fingerprint density at radius 3 is 2.45 bits per heavy atom. The molecule has 33 heavy (non-hydrogen) atoms. The summed E-state index contributed by atoms with van der Waals surface area (Å²) in [5.41, 5.74) is 0.973. The van der Waals surface area contributed by atoms with Gasteiger partial charge in [-0.25, -0.2) is 17.9 Å². The normalized spacial score (nSPS) is 24.8. The van der Waals surface area contributed by atoms with Crippen molar-refractivity contribution in [1.82, 2.24) is 9.62 Å². The molecule has 1 aromatic rings. The van der Waals surface area contributed by atoms with Gasteiger partial charge in [0.1, 0.15) is 0 Å². The number of sulfonamides is 1. The van der Waals surface area contributed by atoms with Crippen LogP contribution in [0.2, 0.25) is 0 Å². The van der Waals surface area contributed by atoms with Gasteiger partial charge in [-0.15, -0.1) is 0 Å². The molecule has 184 valence electrons. The molecule has 2 atom stereocenters. The van der Waals surface area contributed by atoms with Gasteiger partial charge in [0.15, 0.2) is 0 Å². The summed E-state index contributed by atoms with van der Waals surface area (Å²) >= 11 is 0. The molecule has 1 aromatic carbocycles. The van der Waals surface area contributed by atoms with Crippen LogP contribution in [0.15, 0.2) is 24.3 Å². The van der Waals surface area contributed by atoms with Crippen molar-refractivity contribution in [2.75, 3.05) is 12.8 Å². The number of hydrogen-bond acceptors (Lipinski definition) is 6. The maximum Gasteiger partial charge on any atom is 0.494 e. The predicted molar refractivity (Wildman–Crippen MR) is 129 cm³/mol. The zero-order valence-electron chi connectivity index (χ0n) is 20.8. The van der Waals surface area contributed by atoms with Crippen molar-refractivity contribution in [1.29, 1.82) is 0 Å². The van der Waals surface area contributed by atoms with Crippen LogP contribution >= 0.6 is 0 Å². The van der Waals surface area contributed by atoms with E-state index in [1.54, 1.807) is 18.7 Å². The van der Waals surface area contributed by atoms with E-state index in [0.717, 1.165) is 17.3 Å². The second kappa shape index (κ2) is 9.56. The fraction of sp³-hybridized carbons (Fsp3) is 0.696. The molecule has 0 saturated carbocycles. The van der Waals surface area contributed by atoms with Crippen LogP contribution in [0.1, 0.15) is 59.9 Å². The van der Waals surface area contributed by atoms with Gasteiger partial charge in [0, 0.05) is 12.6 Å². The van der Waals surface area contributed by atoms with Gasteiger partial charge in [0.25, 0.3) is 0 Å². The molecule has 2 fully saturated rings. The van der Waals surface area contributed by atoms with Crippen molar-refractivity contribution >= 4 is 28.7 Å². The molecule has 0 spiro atoms. The monoisotopic (exact) mass is 480 g/mol. The third-order valence-electron chi connectivity index (χ3n) is 6.64. The fourth-order valence-electron chi connectivity index (χ4n) is 4.31. The number of piperidine rings is 1. The highest BCUT2D eigenvalue weighted by molar-refractivity contribution is 7.88. The van der Waals surface area contributed by atoms with Crippen LogP contribution in [-0.2, 0) is 30.5 Å². The molecular formula is C23H37BN2O6S. The van der Waals surface area contributed by atoms with E-state index in [2.05, 4.69) is 4.72 Å². The number of ether oxygens (including phenoxy) is 1. The maximum atomic E-state index is 12.8. The molecule has 8 nitrogen and oxygen atoms in total. The molecule has 1 N–H and O–H groups in total. The average molecular weight is 480 g/mol. The van der Waals surface area contributed by atoms with Crippen molar-refractivity contribution in [3.63, 3.8) is 0 Å². The molecule has 1 amide bonds. The first-order valence-corrected chi connectivity index (χ1v) is 13.5. The van der Waals surface area contributed by atoms with E-state index >= 15 is 0 Å². The largest absolute Gasteiger partial charge is 0.494 e. The maximum absolute atomic E-state index is 12.8. The Labute approximate surface area is 198 Å². The van der Waals surface area contributed by atoms with Gasteiger partial charge in [-0.2, -0.15) is 0 Å². The lowest BCUT2D eigenvalue weighted by molar-refractivity contribution is 0.00578.